The van der Waals surface area contributed by atoms with Crippen molar-refractivity contribution in [3.63, 3.8) is 0 Å². The van der Waals surface area contributed by atoms with E-state index in [2.05, 4.69) is 20.5 Å². The van der Waals surface area contributed by atoms with Gasteiger partial charge in [0.15, 0.2) is 0 Å². The van der Waals surface area contributed by atoms with Gasteiger partial charge in [0, 0.05) is 24.5 Å². The number of nitrogen functional groups attached to an aromatic ring is 1. The molecule has 5 N–H and O–H groups in total. The van der Waals surface area contributed by atoms with Crippen LogP contribution in [0.4, 0.5) is 5.82 Å². The molecule has 0 aliphatic heterocycles. The third-order valence-electron chi connectivity index (χ3n) is 4.03. The lowest BCUT2D eigenvalue weighted by Crippen LogP contribution is -2.25. The summed E-state index contributed by atoms with van der Waals surface area (Å²) in [5.41, 5.74) is 10.6. The summed E-state index contributed by atoms with van der Waals surface area (Å²) in [4.78, 5) is 16.6. The highest BCUT2D eigenvalue weighted by Crippen LogP contribution is 2.26. The predicted molar refractivity (Wildman–Crippen MR) is 94.1 cm³/mol. The largest absolute Gasteiger partial charge is 0.395 e. The Morgan fingerprint density at radius 1 is 1.28 bits per heavy atom. The van der Waals surface area contributed by atoms with Crippen LogP contribution >= 0.6 is 0 Å². The molecule has 0 unspecified atom stereocenters. The summed E-state index contributed by atoms with van der Waals surface area (Å²) in [7, 11) is 0. The number of aromatic amines is 1. The van der Waals surface area contributed by atoms with Gasteiger partial charge >= 0.3 is 0 Å². The van der Waals surface area contributed by atoms with Gasteiger partial charge in [0.05, 0.1) is 34.4 Å². The quantitative estimate of drug-likeness (QED) is 0.446. The van der Waals surface area contributed by atoms with E-state index in [1.54, 1.807) is 18.5 Å². The molecule has 0 fully saturated rings. The molecule has 0 spiro atoms. The number of hydrogen-bond acceptors (Lipinski definition) is 5. The number of rotatable bonds is 4. The number of anilines is 1. The van der Waals surface area contributed by atoms with Crippen LogP contribution in [0.1, 0.15) is 10.4 Å². The fraction of sp³-hybridized carbons (Fsp3) is 0.118. The first-order valence-electron chi connectivity index (χ1n) is 7.77. The second-order valence-electron chi connectivity index (χ2n) is 5.63. The highest BCUT2D eigenvalue weighted by Gasteiger charge is 2.13. The van der Waals surface area contributed by atoms with Crippen LogP contribution in [-0.2, 0) is 0 Å². The van der Waals surface area contributed by atoms with Gasteiger partial charge in [0.2, 0.25) is 0 Å². The minimum absolute atomic E-state index is 0.109. The lowest BCUT2D eigenvalue weighted by Gasteiger charge is -2.06. The van der Waals surface area contributed by atoms with Gasteiger partial charge in [-0.25, -0.2) is 4.98 Å². The third-order valence-corrected chi connectivity index (χ3v) is 4.03. The predicted octanol–water partition coefficient (Wildman–Crippen LogP) is 1.18. The van der Waals surface area contributed by atoms with E-state index in [1.807, 2.05) is 28.7 Å². The molecular weight excluding hydrogens is 320 g/mol. The van der Waals surface area contributed by atoms with Crippen LogP contribution in [-0.4, -0.2) is 43.7 Å². The highest BCUT2D eigenvalue weighted by atomic mass is 16.3. The Morgan fingerprint density at radius 3 is 2.92 bits per heavy atom. The number of hydrogen-bond donors (Lipinski definition) is 4. The van der Waals surface area contributed by atoms with E-state index in [0.29, 0.717) is 16.9 Å². The lowest BCUT2D eigenvalue weighted by molar-refractivity contribution is 0.0945. The van der Waals surface area contributed by atoms with Crippen molar-refractivity contribution in [1.29, 1.82) is 0 Å². The molecule has 0 aliphatic carbocycles. The van der Waals surface area contributed by atoms with Gasteiger partial charge in [0.1, 0.15) is 5.82 Å². The number of carbonyl (C=O) groups is 1. The fourth-order valence-electron chi connectivity index (χ4n) is 2.84. The van der Waals surface area contributed by atoms with Crippen LogP contribution in [0.25, 0.3) is 27.8 Å². The molecule has 25 heavy (non-hydrogen) atoms. The second-order valence-corrected chi connectivity index (χ2v) is 5.63. The van der Waals surface area contributed by atoms with Gasteiger partial charge in [-0.1, -0.05) is 6.07 Å². The first kappa shape index (κ1) is 15.2. The van der Waals surface area contributed by atoms with E-state index in [0.717, 1.165) is 22.3 Å². The SMILES string of the molecule is Nc1nc2cc(-c3ccn[nH]3)ccc2n2cc(C(=O)NCCO)cc12. The minimum atomic E-state index is -0.264. The molecule has 3 aromatic heterocycles. The van der Waals surface area contributed by atoms with Crippen molar-refractivity contribution < 1.29 is 9.90 Å². The van der Waals surface area contributed by atoms with Crippen molar-refractivity contribution in [3.8, 4) is 11.3 Å². The van der Waals surface area contributed by atoms with Gasteiger partial charge in [-0.2, -0.15) is 5.10 Å². The smallest absolute Gasteiger partial charge is 0.252 e. The Bertz CT molecular complexity index is 1070. The van der Waals surface area contributed by atoms with Crippen LogP contribution < -0.4 is 11.1 Å². The number of amides is 1. The van der Waals surface area contributed by atoms with Crippen molar-refractivity contribution in [2.45, 2.75) is 0 Å². The van der Waals surface area contributed by atoms with Gasteiger partial charge < -0.3 is 20.6 Å². The summed E-state index contributed by atoms with van der Waals surface area (Å²) in [6.07, 6.45) is 3.41. The summed E-state index contributed by atoms with van der Waals surface area (Å²) in [5, 5.41) is 18.3. The molecule has 0 aliphatic rings. The second kappa shape index (κ2) is 5.91. The maximum Gasteiger partial charge on any atom is 0.252 e. The number of aromatic nitrogens is 4. The van der Waals surface area contributed by atoms with Crippen molar-refractivity contribution in [3.05, 3.63) is 48.3 Å². The molecule has 0 radical (unpaired) electrons. The van der Waals surface area contributed by atoms with Gasteiger partial charge in [-0.3, -0.25) is 9.89 Å². The first-order chi connectivity index (χ1) is 12.2. The summed E-state index contributed by atoms with van der Waals surface area (Å²) in [6.45, 7) is 0.0924. The van der Waals surface area contributed by atoms with Crippen LogP contribution in [0, 0.1) is 0 Å². The summed E-state index contributed by atoms with van der Waals surface area (Å²) in [6, 6.07) is 9.38. The maximum absolute atomic E-state index is 12.1. The number of aliphatic hydroxyl groups is 1. The number of carbonyl (C=O) groups excluding carboxylic acids is 1. The topological polar surface area (TPSA) is 121 Å². The minimum Gasteiger partial charge on any atom is -0.395 e. The van der Waals surface area contributed by atoms with E-state index in [4.69, 9.17) is 10.8 Å². The molecule has 0 atom stereocenters. The van der Waals surface area contributed by atoms with Crippen LogP contribution in [0.5, 0.6) is 0 Å². The van der Waals surface area contributed by atoms with Crippen molar-refractivity contribution in [1.82, 2.24) is 24.9 Å². The van der Waals surface area contributed by atoms with Crippen molar-refractivity contribution in [2.75, 3.05) is 18.9 Å². The van der Waals surface area contributed by atoms with Crippen LogP contribution in [0.2, 0.25) is 0 Å². The average molecular weight is 336 g/mol. The number of nitrogens with zero attached hydrogens (tertiary/aromatic N) is 3. The number of nitrogens with two attached hydrogens (primary N) is 1. The molecule has 1 aromatic carbocycles. The first-order valence-corrected chi connectivity index (χ1v) is 7.77. The van der Waals surface area contributed by atoms with E-state index in [1.165, 1.54) is 0 Å². The zero-order valence-corrected chi connectivity index (χ0v) is 13.2. The number of H-pyrrole nitrogens is 1. The van der Waals surface area contributed by atoms with E-state index < -0.39 is 0 Å². The molecule has 0 saturated carbocycles. The molecule has 4 rings (SSSR count). The monoisotopic (exact) mass is 336 g/mol. The molecule has 8 heteroatoms. The number of aliphatic hydroxyl groups excluding tert-OH is 1. The van der Waals surface area contributed by atoms with E-state index >= 15 is 0 Å². The Kier molecular flexibility index (Phi) is 3.58. The van der Waals surface area contributed by atoms with Crippen molar-refractivity contribution in [2.24, 2.45) is 0 Å². The third kappa shape index (κ3) is 2.58. The number of fused-ring (bicyclic) bond motifs is 3. The zero-order chi connectivity index (χ0) is 17.4. The van der Waals surface area contributed by atoms with E-state index in [9.17, 15) is 4.79 Å². The summed E-state index contributed by atoms with van der Waals surface area (Å²) >= 11 is 0. The number of nitrogens with one attached hydrogen (secondary N) is 2. The van der Waals surface area contributed by atoms with Crippen LogP contribution in [0.3, 0.4) is 0 Å². The highest BCUT2D eigenvalue weighted by molar-refractivity contribution is 5.98. The Hall–Kier alpha value is -3.39. The summed E-state index contributed by atoms with van der Waals surface area (Å²) in [5.74, 6) is 0.0786. The Labute approximate surface area is 142 Å². The standard InChI is InChI=1S/C17H16N6O2/c18-16-15-8-11(17(25)19-5-6-24)9-23(15)14-2-1-10(7-13(14)21-16)12-3-4-20-22-12/h1-4,7-9,24H,5-6H2,(H2,18,21)(H,19,25)(H,20,22). The Morgan fingerprint density at radius 2 is 2.16 bits per heavy atom. The molecule has 0 bridgehead atoms. The maximum atomic E-state index is 12.1. The Balaban J connectivity index is 1.85. The van der Waals surface area contributed by atoms with Crippen molar-refractivity contribution >= 4 is 28.3 Å². The summed E-state index contributed by atoms with van der Waals surface area (Å²) < 4.78 is 1.85. The van der Waals surface area contributed by atoms with Crippen LogP contribution in [0.15, 0.2) is 42.7 Å². The van der Waals surface area contributed by atoms with Gasteiger partial charge in [-0.05, 0) is 24.3 Å². The van der Waals surface area contributed by atoms with E-state index in [-0.39, 0.29) is 19.1 Å². The normalized spacial score (nSPS) is 11.2. The lowest BCUT2D eigenvalue weighted by atomic mass is 10.1. The zero-order valence-electron chi connectivity index (χ0n) is 13.2. The molecular formula is C17H16N6O2. The molecule has 8 nitrogen and oxygen atoms in total. The molecule has 3 heterocycles. The molecule has 1 amide bonds. The average Bonchev–Trinajstić information content (AvgIpc) is 3.29. The van der Waals surface area contributed by atoms with Gasteiger partial charge in [-0.15, -0.1) is 0 Å². The fourth-order valence-corrected chi connectivity index (χ4v) is 2.84. The van der Waals surface area contributed by atoms with Gasteiger partial charge in [0.25, 0.3) is 5.91 Å². The molecule has 4 aromatic rings. The molecule has 126 valence electrons. The number of benzene rings is 1. The molecule has 0 saturated heterocycles.